The average molecular weight is 331 g/mol. The summed E-state index contributed by atoms with van der Waals surface area (Å²) in [4.78, 5) is 19.2. The number of H-pyrrole nitrogens is 1. The number of carbonyl (C=O) groups excluding carboxylic acids is 1. The smallest absolute Gasteiger partial charge is 0.261 e. The van der Waals surface area contributed by atoms with Crippen LogP contribution in [0.1, 0.15) is 12.7 Å². The highest BCUT2D eigenvalue weighted by molar-refractivity contribution is 5.81. The Morgan fingerprint density at radius 3 is 2.83 bits per heavy atom. The average Bonchev–Trinajstić information content (AvgIpc) is 2.94. The maximum atomic E-state index is 13.1. The minimum absolute atomic E-state index is 0.145. The third kappa shape index (κ3) is 3.68. The van der Waals surface area contributed by atoms with Crippen molar-refractivity contribution in [2.24, 2.45) is 0 Å². The Morgan fingerprint density at radius 2 is 2.04 bits per heavy atom. The van der Waals surface area contributed by atoms with Crippen LogP contribution in [0.15, 0.2) is 42.5 Å². The summed E-state index contributed by atoms with van der Waals surface area (Å²) in [6.07, 6.45) is -0.798. The quantitative estimate of drug-likeness (QED) is 0.755. The highest BCUT2D eigenvalue weighted by Crippen LogP contribution is 2.14. The van der Waals surface area contributed by atoms with Crippen molar-refractivity contribution in [2.45, 2.75) is 19.6 Å². The molecule has 0 bridgehead atoms. The Balaban J connectivity index is 1.59. The van der Waals surface area contributed by atoms with Gasteiger partial charge in [-0.05, 0) is 37.3 Å². The first kappa shape index (κ1) is 15.9. The van der Waals surface area contributed by atoms with Gasteiger partial charge in [-0.3, -0.25) is 4.79 Å². The van der Waals surface area contributed by atoms with E-state index in [1.54, 1.807) is 19.1 Å². The van der Waals surface area contributed by atoms with Crippen LogP contribution in [0.2, 0.25) is 0 Å². The number of halogens is 2. The number of amides is 1. The van der Waals surface area contributed by atoms with Gasteiger partial charge in [0, 0.05) is 6.07 Å². The number of nitrogens with zero attached hydrogens (tertiary/aromatic N) is 1. The first-order valence-electron chi connectivity index (χ1n) is 7.35. The van der Waals surface area contributed by atoms with Crippen LogP contribution in [0.4, 0.5) is 8.78 Å². The molecule has 1 heterocycles. The zero-order valence-corrected chi connectivity index (χ0v) is 12.8. The molecule has 0 aliphatic carbocycles. The fourth-order valence-electron chi connectivity index (χ4n) is 2.23. The van der Waals surface area contributed by atoms with Crippen molar-refractivity contribution in [3.8, 4) is 5.75 Å². The molecule has 0 saturated carbocycles. The Bertz CT molecular complexity index is 879. The molecule has 7 heteroatoms. The highest BCUT2D eigenvalue weighted by atomic mass is 19.1. The van der Waals surface area contributed by atoms with E-state index in [9.17, 15) is 13.6 Å². The van der Waals surface area contributed by atoms with E-state index in [-0.39, 0.29) is 24.0 Å². The molecule has 3 aromatic rings. The van der Waals surface area contributed by atoms with E-state index in [0.29, 0.717) is 16.9 Å². The van der Waals surface area contributed by atoms with Crippen molar-refractivity contribution in [1.29, 1.82) is 0 Å². The van der Waals surface area contributed by atoms with Gasteiger partial charge in [0.05, 0.1) is 17.6 Å². The zero-order valence-electron chi connectivity index (χ0n) is 12.8. The number of aromatic amines is 1. The summed E-state index contributed by atoms with van der Waals surface area (Å²) in [5.41, 5.74) is 1.17. The summed E-state index contributed by atoms with van der Waals surface area (Å²) in [7, 11) is 0. The lowest BCUT2D eigenvalue weighted by atomic mass is 10.3. The lowest BCUT2D eigenvalue weighted by Gasteiger charge is -2.14. The first-order chi connectivity index (χ1) is 11.5. The largest absolute Gasteiger partial charge is 0.481 e. The molecule has 124 valence electrons. The molecule has 1 aromatic heterocycles. The third-order valence-corrected chi connectivity index (χ3v) is 3.40. The van der Waals surface area contributed by atoms with Crippen LogP contribution in [0.5, 0.6) is 5.75 Å². The molecule has 0 aliphatic heterocycles. The van der Waals surface area contributed by atoms with Crippen LogP contribution in [0.25, 0.3) is 11.0 Å². The second kappa shape index (κ2) is 6.66. The molecule has 5 nitrogen and oxygen atoms in total. The van der Waals surface area contributed by atoms with Crippen molar-refractivity contribution in [3.63, 3.8) is 0 Å². The standard InChI is InChI=1S/C17H15F2N3O2/c1-10(24-13-4-2-3-11(18)7-13)17(23)20-9-16-21-14-6-5-12(19)8-15(14)22-16/h2-8,10H,9H2,1H3,(H,20,23)(H,21,22)/t10-/m0/s1. The van der Waals surface area contributed by atoms with Crippen LogP contribution in [0.3, 0.4) is 0 Å². The van der Waals surface area contributed by atoms with E-state index in [1.807, 2.05) is 0 Å². The minimum atomic E-state index is -0.798. The number of carbonyl (C=O) groups is 1. The molecule has 0 saturated heterocycles. The summed E-state index contributed by atoms with van der Waals surface area (Å²) in [5.74, 6) is -0.391. The van der Waals surface area contributed by atoms with Crippen molar-refractivity contribution in [2.75, 3.05) is 0 Å². The maximum Gasteiger partial charge on any atom is 0.261 e. The molecule has 2 N–H and O–H groups in total. The predicted octanol–water partition coefficient (Wildman–Crippen LogP) is 2.92. The minimum Gasteiger partial charge on any atom is -0.481 e. The third-order valence-electron chi connectivity index (χ3n) is 3.40. The normalized spacial score (nSPS) is 12.1. The molecule has 3 rings (SSSR count). The summed E-state index contributed by atoms with van der Waals surface area (Å²) < 4.78 is 31.6. The first-order valence-corrected chi connectivity index (χ1v) is 7.35. The van der Waals surface area contributed by atoms with Gasteiger partial charge in [0.1, 0.15) is 23.2 Å². The molecule has 0 fully saturated rings. The molecule has 24 heavy (non-hydrogen) atoms. The van der Waals surface area contributed by atoms with Crippen LogP contribution in [-0.4, -0.2) is 22.0 Å². The molecule has 1 atom stereocenters. The van der Waals surface area contributed by atoms with Crippen LogP contribution in [-0.2, 0) is 11.3 Å². The number of hydrogen-bond acceptors (Lipinski definition) is 3. The number of rotatable bonds is 5. The number of aromatic nitrogens is 2. The van der Waals surface area contributed by atoms with E-state index >= 15 is 0 Å². The lowest BCUT2D eigenvalue weighted by Crippen LogP contribution is -2.36. The molecule has 2 aromatic carbocycles. The van der Waals surface area contributed by atoms with Crippen LogP contribution in [0, 0.1) is 11.6 Å². The van der Waals surface area contributed by atoms with E-state index in [4.69, 9.17) is 4.74 Å². The number of nitrogens with one attached hydrogen (secondary N) is 2. The van der Waals surface area contributed by atoms with Crippen molar-refractivity contribution in [3.05, 3.63) is 59.9 Å². The molecule has 0 unspecified atom stereocenters. The Morgan fingerprint density at radius 1 is 1.25 bits per heavy atom. The topological polar surface area (TPSA) is 67.0 Å². The van der Waals surface area contributed by atoms with E-state index in [1.165, 1.54) is 30.3 Å². The van der Waals surface area contributed by atoms with Gasteiger partial charge in [0.25, 0.3) is 5.91 Å². The molecular formula is C17H15F2N3O2. The maximum absolute atomic E-state index is 13.1. The predicted molar refractivity (Wildman–Crippen MR) is 84.4 cm³/mol. The molecule has 1 amide bonds. The SMILES string of the molecule is C[C@H](Oc1cccc(F)c1)C(=O)NCc1nc2ccc(F)cc2[nH]1. The lowest BCUT2D eigenvalue weighted by molar-refractivity contribution is -0.127. The van der Waals surface area contributed by atoms with Crippen molar-refractivity contribution < 1.29 is 18.3 Å². The van der Waals surface area contributed by atoms with Gasteiger partial charge in [0.15, 0.2) is 6.10 Å². The number of benzene rings is 2. The number of hydrogen-bond donors (Lipinski definition) is 2. The molecule has 0 radical (unpaired) electrons. The van der Waals surface area contributed by atoms with Gasteiger partial charge in [-0.1, -0.05) is 6.07 Å². The van der Waals surface area contributed by atoms with Crippen molar-refractivity contribution in [1.82, 2.24) is 15.3 Å². The van der Waals surface area contributed by atoms with Gasteiger partial charge in [-0.2, -0.15) is 0 Å². The van der Waals surface area contributed by atoms with Crippen LogP contribution < -0.4 is 10.1 Å². The summed E-state index contributed by atoms with van der Waals surface area (Å²) >= 11 is 0. The highest BCUT2D eigenvalue weighted by Gasteiger charge is 2.15. The van der Waals surface area contributed by atoms with Gasteiger partial charge in [-0.15, -0.1) is 0 Å². The van der Waals surface area contributed by atoms with Gasteiger partial charge in [-0.25, -0.2) is 13.8 Å². The molecule has 0 spiro atoms. The molecule has 0 aliphatic rings. The summed E-state index contributed by atoms with van der Waals surface area (Å²) in [6.45, 7) is 1.71. The number of ether oxygens (including phenoxy) is 1. The van der Waals surface area contributed by atoms with E-state index in [0.717, 1.165) is 0 Å². The Kier molecular flexibility index (Phi) is 4.41. The summed E-state index contributed by atoms with van der Waals surface area (Å²) in [6, 6.07) is 9.79. The second-order valence-electron chi connectivity index (χ2n) is 5.28. The number of fused-ring (bicyclic) bond motifs is 1. The fourth-order valence-corrected chi connectivity index (χ4v) is 2.23. The van der Waals surface area contributed by atoms with E-state index < -0.39 is 11.9 Å². The Hall–Kier alpha value is -2.96. The van der Waals surface area contributed by atoms with Crippen molar-refractivity contribution >= 4 is 16.9 Å². The monoisotopic (exact) mass is 331 g/mol. The zero-order chi connectivity index (χ0) is 17.1. The fraction of sp³-hybridized carbons (Fsp3) is 0.176. The summed E-state index contributed by atoms with van der Waals surface area (Å²) in [5, 5.41) is 2.66. The molecular weight excluding hydrogens is 316 g/mol. The Labute approximate surface area is 136 Å². The van der Waals surface area contributed by atoms with E-state index in [2.05, 4.69) is 15.3 Å². The van der Waals surface area contributed by atoms with Gasteiger partial charge < -0.3 is 15.0 Å². The number of imidazole rings is 1. The van der Waals surface area contributed by atoms with Gasteiger partial charge >= 0.3 is 0 Å². The second-order valence-corrected chi connectivity index (χ2v) is 5.28. The van der Waals surface area contributed by atoms with Gasteiger partial charge in [0.2, 0.25) is 0 Å². The van der Waals surface area contributed by atoms with Crippen LogP contribution >= 0.6 is 0 Å².